The molecule has 6 heteroatoms. The number of ether oxygens (including phenoxy) is 1. The largest absolute Gasteiger partial charge is 0.381 e. The van der Waals surface area contributed by atoms with E-state index in [-0.39, 0.29) is 11.9 Å². The topological polar surface area (TPSA) is 59.4 Å². The average Bonchev–Trinajstić information content (AvgIpc) is 3.27. The molecule has 1 saturated carbocycles. The molecule has 1 atom stereocenters. The van der Waals surface area contributed by atoms with Crippen LogP contribution in [0, 0.1) is 5.92 Å². The standard InChI is InChI=1S/C16H24N4O2/c21-16(17-9-12-1-2-12)15-11-19(13-4-7-22-8-5-13)10-14-3-6-18-20(14)15/h3,6,12-13,15H,1-2,4-5,7-11H2,(H,17,21). The Labute approximate surface area is 130 Å². The van der Waals surface area contributed by atoms with Crippen LogP contribution < -0.4 is 5.32 Å². The molecule has 4 rings (SSSR count). The number of fused-ring (bicyclic) bond motifs is 1. The molecule has 1 saturated heterocycles. The Hall–Kier alpha value is -1.40. The summed E-state index contributed by atoms with van der Waals surface area (Å²) < 4.78 is 7.38. The molecule has 2 aliphatic heterocycles. The third-order valence-electron chi connectivity index (χ3n) is 5.09. The first-order chi connectivity index (χ1) is 10.8. The highest BCUT2D eigenvalue weighted by atomic mass is 16.5. The fraction of sp³-hybridized carbons (Fsp3) is 0.750. The highest BCUT2D eigenvalue weighted by Crippen LogP contribution is 2.29. The quantitative estimate of drug-likeness (QED) is 0.899. The molecule has 3 aliphatic rings. The van der Waals surface area contributed by atoms with Crippen LogP contribution in [0.5, 0.6) is 0 Å². The summed E-state index contributed by atoms with van der Waals surface area (Å²) in [6, 6.07) is 2.36. The second kappa shape index (κ2) is 6.01. The van der Waals surface area contributed by atoms with Crippen LogP contribution in [0.1, 0.15) is 37.4 Å². The van der Waals surface area contributed by atoms with Crippen molar-refractivity contribution in [2.75, 3.05) is 26.3 Å². The van der Waals surface area contributed by atoms with Gasteiger partial charge in [0.1, 0.15) is 6.04 Å². The lowest BCUT2D eigenvalue weighted by atomic mass is 10.0. The molecule has 2 fully saturated rings. The first kappa shape index (κ1) is 14.2. The Bertz CT molecular complexity index is 534. The van der Waals surface area contributed by atoms with Crippen LogP contribution in [0.25, 0.3) is 0 Å². The molecule has 1 unspecified atom stereocenters. The van der Waals surface area contributed by atoms with E-state index in [1.807, 2.05) is 16.9 Å². The van der Waals surface area contributed by atoms with Gasteiger partial charge in [0.15, 0.2) is 0 Å². The van der Waals surface area contributed by atoms with E-state index in [1.165, 1.54) is 12.8 Å². The van der Waals surface area contributed by atoms with Crippen LogP contribution in [0.4, 0.5) is 0 Å². The van der Waals surface area contributed by atoms with E-state index < -0.39 is 0 Å². The highest BCUT2D eigenvalue weighted by molar-refractivity contribution is 5.80. The molecule has 1 amide bonds. The molecule has 6 nitrogen and oxygen atoms in total. The van der Waals surface area contributed by atoms with Crippen LogP contribution in [-0.4, -0.2) is 52.9 Å². The van der Waals surface area contributed by atoms with Crippen LogP contribution >= 0.6 is 0 Å². The number of hydrogen-bond donors (Lipinski definition) is 1. The summed E-state index contributed by atoms with van der Waals surface area (Å²) >= 11 is 0. The molecule has 0 radical (unpaired) electrons. The van der Waals surface area contributed by atoms with Crippen molar-refractivity contribution in [1.82, 2.24) is 20.0 Å². The molecule has 1 aromatic heterocycles. The molecular formula is C16H24N4O2. The van der Waals surface area contributed by atoms with Gasteiger partial charge in [-0.2, -0.15) is 5.10 Å². The van der Waals surface area contributed by atoms with Gasteiger partial charge in [-0.15, -0.1) is 0 Å². The van der Waals surface area contributed by atoms with Gasteiger partial charge in [0.05, 0.1) is 5.69 Å². The van der Waals surface area contributed by atoms with Crippen molar-refractivity contribution in [3.63, 3.8) is 0 Å². The summed E-state index contributed by atoms with van der Waals surface area (Å²) in [6.07, 6.45) is 6.44. The molecule has 0 spiro atoms. The Morgan fingerprint density at radius 2 is 2.14 bits per heavy atom. The number of amides is 1. The number of carbonyl (C=O) groups is 1. The second-order valence-electron chi connectivity index (χ2n) is 6.74. The average molecular weight is 304 g/mol. The SMILES string of the molecule is O=C(NCC1CC1)C1CN(C2CCOCC2)Cc2ccnn21. The predicted octanol–water partition coefficient (Wildman–Crippen LogP) is 0.945. The second-order valence-corrected chi connectivity index (χ2v) is 6.74. The minimum absolute atomic E-state index is 0.119. The summed E-state index contributed by atoms with van der Waals surface area (Å²) in [5.74, 6) is 0.824. The van der Waals surface area contributed by atoms with Crippen molar-refractivity contribution in [2.45, 2.75) is 44.3 Å². The first-order valence-electron chi connectivity index (χ1n) is 8.43. The summed E-state index contributed by atoms with van der Waals surface area (Å²) in [7, 11) is 0. The summed E-state index contributed by atoms with van der Waals surface area (Å²) in [5.41, 5.74) is 1.14. The van der Waals surface area contributed by atoms with Gasteiger partial charge in [-0.05, 0) is 37.7 Å². The van der Waals surface area contributed by atoms with E-state index in [2.05, 4.69) is 15.3 Å². The predicted molar refractivity (Wildman–Crippen MR) is 81.2 cm³/mol. The molecule has 1 aliphatic carbocycles. The van der Waals surface area contributed by atoms with Gasteiger partial charge in [0.25, 0.3) is 0 Å². The summed E-state index contributed by atoms with van der Waals surface area (Å²) in [5, 5.41) is 7.50. The van der Waals surface area contributed by atoms with Crippen LogP contribution in [0.15, 0.2) is 12.3 Å². The third kappa shape index (κ3) is 2.90. The normalized spacial score (nSPS) is 26.6. The maximum absolute atomic E-state index is 12.6. The van der Waals surface area contributed by atoms with E-state index in [4.69, 9.17) is 4.74 Å². The molecule has 120 valence electrons. The van der Waals surface area contributed by atoms with E-state index in [1.54, 1.807) is 0 Å². The number of rotatable bonds is 4. The van der Waals surface area contributed by atoms with E-state index >= 15 is 0 Å². The van der Waals surface area contributed by atoms with Crippen molar-refractivity contribution in [3.05, 3.63) is 18.0 Å². The maximum Gasteiger partial charge on any atom is 0.246 e. The zero-order valence-corrected chi connectivity index (χ0v) is 12.9. The van der Waals surface area contributed by atoms with Crippen molar-refractivity contribution in [3.8, 4) is 0 Å². The van der Waals surface area contributed by atoms with Crippen molar-refractivity contribution >= 4 is 5.91 Å². The molecule has 1 N–H and O–H groups in total. The lowest BCUT2D eigenvalue weighted by Gasteiger charge is -2.39. The van der Waals surface area contributed by atoms with Crippen molar-refractivity contribution in [2.24, 2.45) is 5.92 Å². The highest BCUT2D eigenvalue weighted by Gasteiger charge is 2.35. The van der Waals surface area contributed by atoms with Gasteiger partial charge in [0.2, 0.25) is 5.91 Å². The number of aromatic nitrogens is 2. The lowest BCUT2D eigenvalue weighted by Crippen LogP contribution is -2.49. The Morgan fingerprint density at radius 1 is 1.32 bits per heavy atom. The van der Waals surface area contributed by atoms with Gasteiger partial charge in [0, 0.05) is 45.1 Å². The molecule has 1 aromatic rings. The van der Waals surface area contributed by atoms with Crippen LogP contribution in [-0.2, 0) is 16.1 Å². The third-order valence-corrected chi connectivity index (χ3v) is 5.09. The fourth-order valence-electron chi connectivity index (χ4n) is 3.53. The molecule has 0 bridgehead atoms. The Kier molecular flexibility index (Phi) is 3.88. The monoisotopic (exact) mass is 304 g/mol. The minimum Gasteiger partial charge on any atom is -0.381 e. The lowest BCUT2D eigenvalue weighted by molar-refractivity contribution is -0.126. The van der Waals surface area contributed by atoms with E-state index in [0.717, 1.165) is 51.4 Å². The fourth-order valence-corrected chi connectivity index (χ4v) is 3.53. The molecule has 3 heterocycles. The van der Waals surface area contributed by atoms with Crippen molar-refractivity contribution < 1.29 is 9.53 Å². The number of hydrogen-bond acceptors (Lipinski definition) is 4. The van der Waals surface area contributed by atoms with E-state index in [0.29, 0.717) is 12.0 Å². The van der Waals surface area contributed by atoms with Crippen LogP contribution in [0.3, 0.4) is 0 Å². The van der Waals surface area contributed by atoms with Gasteiger partial charge in [-0.3, -0.25) is 14.4 Å². The Morgan fingerprint density at radius 3 is 2.91 bits per heavy atom. The van der Waals surface area contributed by atoms with Crippen LogP contribution in [0.2, 0.25) is 0 Å². The number of nitrogens with zero attached hydrogens (tertiary/aromatic N) is 3. The molecular weight excluding hydrogens is 280 g/mol. The molecule has 0 aromatic carbocycles. The number of nitrogens with one attached hydrogen (secondary N) is 1. The van der Waals surface area contributed by atoms with Gasteiger partial charge in [-0.1, -0.05) is 0 Å². The smallest absolute Gasteiger partial charge is 0.246 e. The molecule has 22 heavy (non-hydrogen) atoms. The maximum atomic E-state index is 12.6. The zero-order valence-electron chi connectivity index (χ0n) is 12.9. The van der Waals surface area contributed by atoms with E-state index in [9.17, 15) is 4.79 Å². The van der Waals surface area contributed by atoms with Crippen molar-refractivity contribution in [1.29, 1.82) is 0 Å². The van der Waals surface area contributed by atoms with Gasteiger partial charge < -0.3 is 10.1 Å². The Balaban J connectivity index is 1.48. The first-order valence-corrected chi connectivity index (χ1v) is 8.43. The minimum atomic E-state index is -0.194. The summed E-state index contributed by atoms with van der Waals surface area (Å²) in [4.78, 5) is 15.0. The summed E-state index contributed by atoms with van der Waals surface area (Å²) in [6.45, 7) is 4.13. The number of carbonyl (C=O) groups excluding carboxylic acids is 1. The van der Waals surface area contributed by atoms with Gasteiger partial charge in [-0.25, -0.2) is 0 Å². The zero-order chi connectivity index (χ0) is 14.9. The van der Waals surface area contributed by atoms with Gasteiger partial charge >= 0.3 is 0 Å².